The zero-order valence-electron chi connectivity index (χ0n) is 6.16. The lowest BCUT2D eigenvalue weighted by Crippen LogP contribution is -2.31. The molecule has 0 aliphatic rings. The average Bonchev–Trinajstić information content (AvgIpc) is 1.89. The van der Waals surface area contributed by atoms with Gasteiger partial charge >= 0.3 is 0 Å². The van der Waals surface area contributed by atoms with Gasteiger partial charge in [-0.15, -0.1) is 0 Å². The summed E-state index contributed by atoms with van der Waals surface area (Å²) in [6.45, 7) is 0.159. The van der Waals surface area contributed by atoms with E-state index in [0.29, 0.717) is 6.29 Å². The number of methoxy groups -OCH3 is 1. The Labute approximate surface area is 59.8 Å². The fourth-order valence-corrected chi connectivity index (χ4v) is 0.447. The third kappa shape index (κ3) is 3.19. The highest BCUT2D eigenvalue weighted by Crippen LogP contribution is 1.81. The molecule has 1 amide bonds. The van der Waals surface area contributed by atoms with Crippen molar-refractivity contribution in [1.29, 1.82) is 0 Å². The van der Waals surface area contributed by atoms with Crippen LogP contribution < -0.4 is 0 Å². The number of hydrogen-bond donors (Lipinski definition) is 0. The van der Waals surface area contributed by atoms with E-state index in [-0.39, 0.29) is 19.1 Å². The molecule has 0 heterocycles. The molecule has 4 nitrogen and oxygen atoms in total. The second kappa shape index (κ2) is 4.93. The lowest BCUT2D eigenvalue weighted by Gasteiger charge is -2.11. The maximum absolute atomic E-state index is 10.8. The lowest BCUT2D eigenvalue weighted by molar-refractivity contribution is -0.135. The fraction of sp³-hybridized carbons (Fsp3) is 0.667. The van der Waals surface area contributed by atoms with E-state index in [1.54, 1.807) is 7.05 Å². The zero-order valence-corrected chi connectivity index (χ0v) is 6.16. The molecule has 0 unspecified atom stereocenters. The monoisotopic (exact) mass is 145 g/mol. The number of hydrogen-bond acceptors (Lipinski definition) is 3. The normalized spacial score (nSPS) is 9.00. The molecule has 0 bridgehead atoms. The first-order valence-electron chi connectivity index (χ1n) is 2.89. The highest BCUT2D eigenvalue weighted by atomic mass is 16.5. The summed E-state index contributed by atoms with van der Waals surface area (Å²) in [5, 5.41) is 0. The topological polar surface area (TPSA) is 46.6 Å². The van der Waals surface area contributed by atoms with Crippen molar-refractivity contribution in [2.24, 2.45) is 0 Å². The van der Waals surface area contributed by atoms with Gasteiger partial charge in [-0.05, 0) is 0 Å². The van der Waals surface area contributed by atoms with Gasteiger partial charge in [-0.3, -0.25) is 4.79 Å². The van der Waals surface area contributed by atoms with Crippen LogP contribution in [0.1, 0.15) is 0 Å². The SMILES string of the molecule is COCC(=O)N(C)CC=O. The molecule has 0 aromatic rings. The number of aldehydes is 1. The van der Waals surface area contributed by atoms with Gasteiger partial charge in [-0.1, -0.05) is 0 Å². The van der Waals surface area contributed by atoms with E-state index in [2.05, 4.69) is 4.74 Å². The lowest BCUT2D eigenvalue weighted by atomic mass is 10.5. The minimum absolute atomic E-state index is 0.0321. The van der Waals surface area contributed by atoms with Gasteiger partial charge in [-0.25, -0.2) is 0 Å². The van der Waals surface area contributed by atoms with Crippen molar-refractivity contribution in [2.45, 2.75) is 0 Å². The smallest absolute Gasteiger partial charge is 0.248 e. The van der Waals surface area contributed by atoms with Crippen molar-refractivity contribution >= 4 is 12.2 Å². The van der Waals surface area contributed by atoms with Crippen molar-refractivity contribution in [1.82, 2.24) is 4.90 Å². The van der Waals surface area contributed by atoms with Gasteiger partial charge < -0.3 is 14.4 Å². The molecule has 0 saturated carbocycles. The molecule has 0 saturated heterocycles. The molecule has 58 valence electrons. The van der Waals surface area contributed by atoms with Gasteiger partial charge in [0.05, 0.1) is 6.54 Å². The quantitative estimate of drug-likeness (QED) is 0.491. The second-order valence-corrected chi connectivity index (χ2v) is 1.87. The summed E-state index contributed by atoms with van der Waals surface area (Å²) in [6.07, 6.45) is 0.674. The van der Waals surface area contributed by atoms with Crippen LogP contribution in [0.4, 0.5) is 0 Å². The Bertz CT molecular complexity index is 124. The predicted octanol–water partition coefficient (Wildman–Crippen LogP) is -0.710. The fourth-order valence-electron chi connectivity index (χ4n) is 0.447. The van der Waals surface area contributed by atoms with Crippen LogP contribution in [0.2, 0.25) is 0 Å². The van der Waals surface area contributed by atoms with E-state index in [1.807, 2.05) is 0 Å². The molecule has 10 heavy (non-hydrogen) atoms. The number of ether oxygens (including phenoxy) is 1. The van der Waals surface area contributed by atoms with Gasteiger partial charge in [-0.2, -0.15) is 0 Å². The first-order chi connectivity index (χ1) is 4.72. The van der Waals surface area contributed by atoms with Crippen LogP contribution >= 0.6 is 0 Å². The van der Waals surface area contributed by atoms with E-state index in [4.69, 9.17) is 0 Å². The minimum Gasteiger partial charge on any atom is -0.375 e. The van der Waals surface area contributed by atoms with Crippen molar-refractivity contribution < 1.29 is 14.3 Å². The molecular formula is C6H11NO3. The number of carbonyl (C=O) groups excluding carboxylic acids is 2. The molecule has 0 N–H and O–H groups in total. The maximum Gasteiger partial charge on any atom is 0.248 e. The van der Waals surface area contributed by atoms with Crippen LogP contribution in [-0.2, 0) is 14.3 Å². The summed E-state index contributed by atoms with van der Waals surface area (Å²) in [6, 6.07) is 0. The number of nitrogens with zero attached hydrogens (tertiary/aromatic N) is 1. The Morgan fingerprint density at radius 1 is 1.70 bits per heavy atom. The van der Waals surface area contributed by atoms with Crippen LogP contribution in [0, 0.1) is 0 Å². The van der Waals surface area contributed by atoms with Gasteiger partial charge in [0.15, 0.2) is 0 Å². The molecule has 0 aliphatic carbocycles. The number of carbonyl (C=O) groups is 2. The van der Waals surface area contributed by atoms with E-state index in [1.165, 1.54) is 12.0 Å². The van der Waals surface area contributed by atoms with Crippen LogP contribution in [0.15, 0.2) is 0 Å². The highest BCUT2D eigenvalue weighted by Gasteiger charge is 2.05. The van der Waals surface area contributed by atoms with Gasteiger partial charge in [0.1, 0.15) is 12.9 Å². The Kier molecular flexibility index (Phi) is 4.49. The Morgan fingerprint density at radius 2 is 2.30 bits per heavy atom. The predicted molar refractivity (Wildman–Crippen MR) is 35.6 cm³/mol. The van der Waals surface area contributed by atoms with Crippen molar-refractivity contribution in [2.75, 3.05) is 27.3 Å². The van der Waals surface area contributed by atoms with Crippen molar-refractivity contribution in [3.05, 3.63) is 0 Å². The summed E-state index contributed by atoms with van der Waals surface area (Å²) in [5.74, 6) is -0.186. The molecular weight excluding hydrogens is 134 g/mol. The van der Waals surface area contributed by atoms with Gasteiger partial charge in [0.2, 0.25) is 5.91 Å². The Balaban J connectivity index is 3.58. The number of likely N-dealkylation sites (N-methyl/N-ethyl adjacent to an activating group) is 1. The molecule has 0 spiro atoms. The molecule has 0 aromatic carbocycles. The molecule has 0 atom stereocenters. The van der Waals surface area contributed by atoms with E-state index < -0.39 is 0 Å². The van der Waals surface area contributed by atoms with Crippen LogP contribution in [-0.4, -0.2) is 44.4 Å². The summed E-state index contributed by atoms with van der Waals surface area (Å²) >= 11 is 0. The summed E-state index contributed by atoms with van der Waals surface area (Å²) in [4.78, 5) is 22.0. The second-order valence-electron chi connectivity index (χ2n) is 1.87. The molecule has 0 rings (SSSR count). The molecule has 0 fully saturated rings. The third-order valence-electron chi connectivity index (χ3n) is 1.04. The largest absolute Gasteiger partial charge is 0.375 e. The van der Waals surface area contributed by atoms with Crippen molar-refractivity contribution in [3.63, 3.8) is 0 Å². The Morgan fingerprint density at radius 3 is 2.70 bits per heavy atom. The van der Waals surface area contributed by atoms with Crippen LogP contribution in [0.5, 0.6) is 0 Å². The Hall–Kier alpha value is -0.900. The third-order valence-corrected chi connectivity index (χ3v) is 1.04. The summed E-state index contributed by atoms with van der Waals surface area (Å²) in [5.41, 5.74) is 0. The summed E-state index contributed by atoms with van der Waals surface area (Å²) < 4.78 is 4.56. The number of rotatable bonds is 4. The standard InChI is InChI=1S/C6H11NO3/c1-7(3-4-8)6(9)5-10-2/h4H,3,5H2,1-2H3. The first kappa shape index (κ1) is 9.10. The first-order valence-corrected chi connectivity index (χ1v) is 2.89. The molecule has 4 heteroatoms. The van der Waals surface area contributed by atoms with Crippen LogP contribution in [0.25, 0.3) is 0 Å². The van der Waals surface area contributed by atoms with Crippen molar-refractivity contribution in [3.8, 4) is 0 Å². The van der Waals surface area contributed by atoms with E-state index in [9.17, 15) is 9.59 Å². The number of amides is 1. The minimum atomic E-state index is -0.186. The highest BCUT2D eigenvalue weighted by molar-refractivity contribution is 5.79. The maximum atomic E-state index is 10.8. The molecule has 0 aromatic heterocycles. The molecule has 0 radical (unpaired) electrons. The molecule has 0 aliphatic heterocycles. The summed E-state index contributed by atoms with van der Waals surface area (Å²) in [7, 11) is 2.99. The zero-order chi connectivity index (χ0) is 7.98. The van der Waals surface area contributed by atoms with E-state index in [0.717, 1.165) is 0 Å². The average molecular weight is 145 g/mol. The van der Waals surface area contributed by atoms with Crippen LogP contribution in [0.3, 0.4) is 0 Å². The van der Waals surface area contributed by atoms with Gasteiger partial charge in [0, 0.05) is 14.2 Å². The van der Waals surface area contributed by atoms with E-state index >= 15 is 0 Å². The van der Waals surface area contributed by atoms with Gasteiger partial charge in [0.25, 0.3) is 0 Å².